The zero-order valence-electron chi connectivity index (χ0n) is 12.4. The molecular weight excluding hydrogens is 288 g/mol. The van der Waals surface area contributed by atoms with E-state index in [9.17, 15) is 4.79 Å². The smallest absolute Gasteiger partial charge is 0.251 e. The van der Waals surface area contributed by atoms with Crippen LogP contribution in [-0.4, -0.2) is 31.7 Å². The molecule has 3 rings (SSSR count). The fourth-order valence-corrected chi connectivity index (χ4v) is 3.07. The Morgan fingerprint density at radius 1 is 1.38 bits per heavy atom. The first-order chi connectivity index (χ1) is 9.74. The van der Waals surface area contributed by atoms with Crippen molar-refractivity contribution >= 4 is 24.0 Å². The van der Waals surface area contributed by atoms with Crippen molar-refractivity contribution in [3.05, 3.63) is 29.3 Å². The van der Waals surface area contributed by atoms with Crippen molar-refractivity contribution < 1.29 is 9.53 Å². The van der Waals surface area contributed by atoms with Crippen LogP contribution < -0.4 is 10.6 Å². The largest absolute Gasteiger partial charge is 0.384 e. The minimum Gasteiger partial charge on any atom is -0.384 e. The molecule has 1 unspecified atom stereocenters. The number of fused-ring (bicyclic) bond motifs is 1. The molecule has 0 radical (unpaired) electrons. The zero-order valence-corrected chi connectivity index (χ0v) is 13.2. The number of nitrogens with one attached hydrogen (secondary N) is 2. The minimum absolute atomic E-state index is 0. The predicted molar refractivity (Wildman–Crippen MR) is 86.4 cm³/mol. The van der Waals surface area contributed by atoms with Gasteiger partial charge in [-0.05, 0) is 55.9 Å². The standard InChI is InChI=1S/C16H22N2O2.ClH/c1-11(12-5-8-20-9-6-12)18-16(19)14-2-3-15-13(10-14)4-7-17-15;/h2-3,10-12,17H,4-9H2,1H3,(H,18,19);1H. The molecule has 1 amide bonds. The zero-order chi connectivity index (χ0) is 13.9. The summed E-state index contributed by atoms with van der Waals surface area (Å²) in [4.78, 5) is 12.3. The van der Waals surface area contributed by atoms with Crippen molar-refractivity contribution in [3.63, 3.8) is 0 Å². The number of halogens is 1. The van der Waals surface area contributed by atoms with E-state index in [-0.39, 0.29) is 24.4 Å². The fourth-order valence-electron chi connectivity index (χ4n) is 3.07. The van der Waals surface area contributed by atoms with Gasteiger partial charge in [0.05, 0.1) is 0 Å². The molecule has 1 atom stereocenters. The second-order valence-corrected chi connectivity index (χ2v) is 5.76. The molecular formula is C16H23ClN2O2. The Labute approximate surface area is 132 Å². The lowest BCUT2D eigenvalue weighted by molar-refractivity contribution is 0.0538. The molecule has 5 heteroatoms. The highest BCUT2D eigenvalue weighted by Gasteiger charge is 2.22. The molecule has 0 saturated carbocycles. The lowest BCUT2D eigenvalue weighted by Gasteiger charge is -2.28. The summed E-state index contributed by atoms with van der Waals surface area (Å²) in [5.74, 6) is 0.572. The van der Waals surface area contributed by atoms with Crippen molar-refractivity contribution in [1.29, 1.82) is 0 Å². The maximum atomic E-state index is 12.3. The summed E-state index contributed by atoms with van der Waals surface area (Å²) in [7, 11) is 0. The Hall–Kier alpha value is -1.26. The predicted octanol–water partition coefficient (Wildman–Crippen LogP) is 2.62. The Kier molecular flexibility index (Phi) is 5.48. The van der Waals surface area contributed by atoms with E-state index in [2.05, 4.69) is 17.6 Å². The fraction of sp³-hybridized carbons (Fsp3) is 0.562. The third-order valence-electron chi connectivity index (χ3n) is 4.41. The highest BCUT2D eigenvalue weighted by Crippen LogP contribution is 2.23. The number of rotatable bonds is 3. The van der Waals surface area contributed by atoms with Gasteiger partial charge < -0.3 is 15.4 Å². The van der Waals surface area contributed by atoms with E-state index in [0.717, 1.165) is 44.6 Å². The molecule has 0 aromatic heterocycles. The molecule has 2 aliphatic rings. The van der Waals surface area contributed by atoms with Gasteiger partial charge in [0.1, 0.15) is 0 Å². The van der Waals surface area contributed by atoms with Crippen LogP contribution in [0.1, 0.15) is 35.7 Å². The van der Waals surface area contributed by atoms with Crippen LogP contribution in [0.2, 0.25) is 0 Å². The van der Waals surface area contributed by atoms with Gasteiger partial charge in [-0.15, -0.1) is 12.4 Å². The van der Waals surface area contributed by atoms with Gasteiger partial charge in [0.15, 0.2) is 0 Å². The van der Waals surface area contributed by atoms with Gasteiger partial charge >= 0.3 is 0 Å². The third-order valence-corrected chi connectivity index (χ3v) is 4.41. The van der Waals surface area contributed by atoms with Gasteiger partial charge in [-0.25, -0.2) is 0 Å². The number of hydrogen-bond acceptors (Lipinski definition) is 3. The van der Waals surface area contributed by atoms with E-state index in [1.165, 1.54) is 11.3 Å². The molecule has 2 aliphatic heterocycles. The summed E-state index contributed by atoms with van der Waals surface area (Å²) in [5.41, 5.74) is 3.18. The molecule has 2 N–H and O–H groups in total. The Bertz CT molecular complexity index is 501. The Balaban J connectivity index is 0.00000161. The quantitative estimate of drug-likeness (QED) is 0.902. The van der Waals surface area contributed by atoms with Gasteiger partial charge in [0.25, 0.3) is 5.91 Å². The average Bonchev–Trinajstić information content (AvgIpc) is 2.95. The van der Waals surface area contributed by atoms with Crippen molar-refractivity contribution in [2.75, 3.05) is 25.1 Å². The first kappa shape index (κ1) is 16.1. The monoisotopic (exact) mass is 310 g/mol. The maximum Gasteiger partial charge on any atom is 0.251 e. The van der Waals surface area contributed by atoms with Gasteiger partial charge in [0, 0.05) is 37.1 Å². The molecule has 116 valence electrons. The number of carbonyl (C=O) groups is 1. The summed E-state index contributed by atoms with van der Waals surface area (Å²) in [6, 6.07) is 6.14. The van der Waals surface area contributed by atoms with Crippen LogP contribution in [0, 0.1) is 5.92 Å². The lowest BCUT2D eigenvalue weighted by atomic mass is 9.92. The van der Waals surface area contributed by atoms with Crippen molar-refractivity contribution in [2.45, 2.75) is 32.2 Å². The number of benzene rings is 1. The van der Waals surface area contributed by atoms with Gasteiger partial charge in [0.2, 0.25) is 0 Å². The molecule has 2 heterocycles. The van der Waals surface area contributed by atoms with E-state index in [1.54, 1.807) is 0 Å². The summed E-state index contributed by atoms with van der Waals surface area (Å²) in [5, 5.41) is 6.46. The van der Waals surface area contributed by atoms with Crippen LogP contribution in [0.5, 0.6) is 0 Å². The van der Waals surface area contributed by atoms with Crippen LogP contribution in [0.3, 0.4) is 0 Å². The topological polar surface area (TPSA) is 50.4 Å². The maximum absolute atomic E-state index is 12.3. The van der Waals surface area contributed by atoms with E-state index in [1.807, 2.05) is 18.2 Å². The van der Waals surface area contributed by atoms with Gasteiger partial charge in [-0.2, -0.15) is 0 Å². The van der Waals surface area contributed by atoms with Crippen molar-refractivity contribution in [1.82, 2.24) is 5.32 Å². The molecule has 21 heavy (non-hydrogen) atoms. The summed E-state index contributed by atoms with van der Waals surface area (Å²) < 4.78 is 5.37. The first-order valence-electron chi connectivity index (χ1n) is 7.49. The normalized spacial score (nSPS) is 19.1. The van der Waals surface area contributed by atoms with Crippen LogP contribution in [0.4, 0.5) is 5.69 Å². The Morgan fingerprint density at radius 2 is 2.14 bits per heavy atom. The second kappa shape index (κ2) is 7.14. The summed E-state index contributed by atoms with van der Waals surface area (Å²) in [6.45, 7) is 4.70. The van der Waals surface area contributed by atoms with E-state index in [4.69, 9.17) is 4.74 Å². The summed E-state index contributed by atoms with van der Waals surface area (Å²) in [6.07, 6.45) is 3.08. The van der Waals surface area contributed by atoms with Gasteiger partial charge in [-0.3, -0.25) is 4.79 Å². The highest BCUT2D eigenvalue weighted by molar-refractivity contribution is 5.95. The highest BCUT2D eigenvalue weighted by atomic mass is 35.5. The van der Waals surface area contributed by atoms with E-state index >= 15 is 0 Å². The Morgan fingerprint density at radius 3 is 2.90 bits per heavy atom. The van der Waals surface area contributed by atoms with E-state index in [0.29, 0.717) is 5.92 Å². The van der Waals surface area contributed by atoms with Gasteiger partial charge in [-0.1, -0.05) is 0 Å². The van der Waals surface area contributed by atoms with Crippen LogP contribution in [0.25, 0.3) is 0 Å². The molecule has 1 aromatic rings. The average molecular weight is 311 g/mol. The molecule has 1 fully saturated rings. The van der Waals surface area contributed by atoms with E-state index < -0.39 is 0 Å². The molecule has 0 bridgehead atoms. The number of carbonyl (C=O) groups excluding carboxylic acids is 1. The molecule has 4 nitrogen and oxygen atoms in total. The molecule has 0 spiro atoms. The SMILES string of the molecule is CC(NC(=O)c1ccc2c(c1)CCN2)C1CCOCC1.Cl. The van der Waals surface area contributed by atoms with Crippen LogP contribution >= 0.6 is 12.4 Å². The van der Waals surface area contributed by atoms with Crippen LogP contribution in [0.15, 0.2) is 18.2 Å². The lowest BCUT2D eigenvalue weighted by Crippen LogP contribution is -2.40. The number of amides is 1. The second-order valence-electron chi connectivity index (χ2n) is 5.76. The molecule has 1 saturated heterocycles. The molecule has 0 aliphatic carbocycles. The number of ether oxygens (including phenoxy) is 1. The summed E-state index contributed by atoms with van der Waals surface area (Å²) >= 11 is 0. The van der Waals surface area contributed by atoms with Crippen molar-refractivity contribution in [3.8, 4) is 0 Å². The number of anilines is 1. The minimum atomic E-state index is 0. The third kappa shape index (κ3) is 3.69. The molecule has 1 aromatic carbocycles. The van der Waals surface area contributed by atoms with Crippen LogP contribution in [-0.2, 0) is 11.2 Å². The van der Waals surface area contributed by atoms with Crippen molar-refractivity contribution in [2.24, 2.45) is 5.92 Å². The first-order valence-corrected chi connectivity index (χ1v) is 7.49. The number of hydrogen-bond donors (Lipinski definition) is 2.